The third-order valence-electron chi connectivity index (χ3n) is 1.43. The molecule has 0 saturated carbocycles. The van der Waals surface area contributed by atoms with Gasteiger partial charge in [0, 0.05) is 4.47 Å². The van der Waals surface area contributed by atoms with Crippen LogP contribution in [0.2, 0.25) is 0 Å². The molecule has 0 atom stereocenters. The van der Waals surface area contributed by atoms with Crippen LogP contribution in [-0.4, -0.2) is 11.2 Å². The minimum Gasteiger partial charge on any atom is -0.286 e. The quantitative estimate of drug-likeness (QED) is 0.600. The monoisotopic (exact) mass is 286 g/mol. The highest BCUT2D eigenvalue weighted by Crippen LogP contribution is 2.27. The highest BCUT2D eigenvalue weighted by atomic mass is 79.9. The maximum absolute atomic E-state index is 12.9. The molecule has 0 fully saturated rings. The largest absolute Gasteiger partial charge is 0.385 e. The number of carbonyl (C=O) groups excluding carboxylic acids is 1. The topological polar surface area (TPSA) is 17.1 Å². The summed E-state index contributed by atoms with van der Waals surface area (Å²) < 4.78 is 37.9. The van der Waals surface area contributed by atoms with Crippen LogP contribution >= 0.6 is 27.5 Å². The Morgan fingerprint density at radius 1 is 1.43 bits per heavy atom. The van der Waals surface area contributed by atoms with Crippen molar-refractivity contribution in [2.75, 3.05) is 0 Å². The summed E-state index contributed by atoms with van der Waals surface area (Å²) in [6, 6.07) is 3.15. The summed E-state index contributed by atoms with van der Waals surface area (Å²) in [5.41, 5.74) is -0.737. The predicted molar refractivity (Wildman–Crippen MR) is 49.2 cm³/mol. The molecule has 0 radical (unpaired) electrons. The lowest BCUT2D eigenvalue weighted by molar-refractivity contribution is 0.0531. The van der Waals surface area contributed by atoms with E-state index in [4.69, 9.17) is 0 Å². The number of alkyl halides is 3. The molecule has 0 unspecified atom stereocenters. The fourth-order valence-corrected chi connectivity index (χ4v) is 1.29. The van der Waals surface area contributed by atoms with Gasteiger partial charge >= 0.3 is 5.38 Å². The molecule has 6 heteroatoms. The Balaban J connectivity index is 3.19. The van der Waals surface area contributed by atoms with Crippen LogP contribution in [0.25, 0.3) is 0 Å². The molecule has 0 aliphatic carbocycles. The van der Waals surface area contributed by atoms with Crippen molar-refractivity contribution in [3.8, 4) is 0 Å². The molecule has 1 nitrogen and oxygen atoms in total. The standard InChI is InChI=1S/C8H3BrClF3O/c9-4-1-2-6(11)5(3-4)7(14)8(10,12)13/h1-3H. The molecular formula is C8H3BrClF3O. The second-order valence-electron chi connectivity index (χ2n) is 2.45. The van der Waals surface area contributed by atoms with Crippen molar-refractivity contribution < 1.29 is 18.0 Å². The Morgan fingerprint density at radius 2 is 2.00 bits per heavy atom. The van der Waals surface area contributed by atoms with E-state index in [0.717, 1.165) is 12.1 Å². The number of ketones is 1. The van der Waals surface area contributed by atoms with E-state index in [0.29, 0.717) is 4.47 Å². The first kappa shape index (κ1) is 11.5. The lowest BCUT2D eigenvalue weighted by Gasteiger charge is -2.07. The summed E-state index contributed by atoms with van der Waals surface area (Å²) in [6.07, 6.45) is 0. The van der Waals surface area contributed by atoms with Gasteiger partial charge < -0.3 is 0 Å². The molecule has 0 amide bonds. The highest BCUT2D eigenvalue weighted by molar-refractivity contribution is 9.10. The fraction of sp³-hybridized carbons (Fsp3) is 0.125. The van der Waals surface area contributed by atoms with Gasteiger partial charge in [0.1, 0.15) is 5.82 Å². The Morgan fingerprint density at radius 3 is 2.50 bits per heavy atom. The summed E-state index contributed by atoms with van der Waals surface area (Å²) in [6.45, 7) is 0. The number of rotatable bonds is 2. The van der Waals surface area contributed by atoms with Crippen LogP contribution in [0, 0.1) is 5.82 Å². The van der Waals surface area contributed by atoms with Gasteiger partial charge in [0.05, 0.1) is 5.56 Å². The van der Waals surface area contributed by atoms with Gasteiger partial charge in [0.25, 0.3) is 5.78 Å². The van der Waals surface area contributed by atoms with Crippen molar-refractivity contribution in [1.29, 1.82) is 0 Å². The summed E-state index contributed by atoms with van der Waals surface area (Å²) in [5, 5.41) is -4.08. The van der Waals surface area contributed by atoms with Crippen LogP contribution in [0.15, 0.2) is 22.7 Å². The number of benzene rings is 1. The number of carbonyl (C=O) groups is 1. The molecule has 0 heterocycles. The zero-order valence-corrected chi connectivity index (χ0v) is 8.87. The van der Waals surface area contributed by atoms with Crippen LogP contribution in [0.3, 0.4) is 0 Å². The average Bonchev–Trinajstić information content (AvgIpc) is 2.06. The van der Waals surface area contributed by atoms with Gasteiger partial charge in [0.15, 0.2) is 0 Å². The number of Topliss-reactive ketones (excluding diaryl/α,β-unsaturated/α-hetero) is 1. The second kappa shape index (κ2) is 3.90. The van der Waals surface area contributed by atoms with E-state index < -0.39 is 22.5 Å². The minimum atomic E-state index is -4.08. The summed E-state index contributed by atoms with van der Waals surface area (Å²) in [5.74, 6) is -2.78. The van der Waals surface area contributed by atoms with Crippen LogP contribution < -0.4 is 0 Å². The normalized spacial score (nSPS) is 11.5. The second-order valence-corrected chi connectivity index (χ2v) is 3.84. The minimum absolute atomic E-state index is 0.322. The SMILES string of the molecule is O=C(c1cc(Br)ccc1F)C(F)(F)Cl. The van der Waals surface area contributed by atoms with E-state index in [1.807, 2.05) is 0 Å². The first-order valence-corrected chi connectivity index (χ1v) is 4.56. The summed E-state index contributed by atoms with van der Waals surface area (Å²) in [4.78, 5) is 10.9. The molecule has 1 aromatic rings. The zero-order valence-electron chi connectivity index (χ0n) is 6.53. The Labute approximate surface area is 91.0 Å². The highest BCUT2D eigenvalue weighted by Gasteiger charge is 2.38. The van der Waals surface area contributed by atoms with Crippen molar-refractivity contribution in [3.63, 3.8) is 0 Å². The maximum atomic E-state index is 12.9. The third kappa shape index (κ3) is 2.48. The molecule has 76 valence electrons. The van der Waals surface area contributed by atoms with E-state index in [1.54, 1.807) is 0 Å². The molecule has 14 heavy (non-hydrogen) atoms. The average molecular weight is 287 g/mol. The van der Waals surface area contributed by atoms with E-state index in [2.05, 4.69) is 27.5 Å². The van der Waals surface area contributed by atoms with Gasteiger partial charge in [-0.15, -0.1) is 0 Å². The van der Waals surface area contributed by atoms with Gasteiger partial charge in [-0.1, -0.05) is 15.9 Å². The van der Waals surface area contributed by atoms with E-state index >= 15 is 0 Å². The molecule has 0 aliphatic rings. The number of hydrogen-bond donors (Lipinski definition) is 0. The lowest BCUT2D eigenvalue weighted by atomic mass is 10.1. The van der Waals surface area contributed by atoms with Crippen molar-refractivity contribution in [3.05, 3.63) is 34.1 Å². The molecule has 0 bridgehead atoms. The third-order valence-corrected chi connectivity index (χ3v) is 2.10. The lowest BCUT2D eigenvalue weighted by Crippen LogP contribution is -2.22. The van der Waals surface area contributed by atoms with Gasteiger partial charge in [-0.2, -0.15) is 8.78 Å². The van der Waals surface area contributed by atoms with Crippen LogP contribution in [-0.2, 0) is 0 Å². The van der Waals surface area contributed by atoms with E-state index in [9.17, 15) is 18.0 Å². The van der Waals surface area contributed by atoms with Crippen molar-refractivity contribution in [1.82, 2.24) is 0 Å². The molecule has 0 spiro atoms. The fourth-order valence-electron chi connectivity index (χ4n) is 0.824. The summed E-state index contributed by atoms with van der Waals surface area (Å²) >= 11 is 7.40. The van der Waals surface area contributed by atoms with Crippen molar-refractivity contribution >= 4 is 33.3 Å². The van der Waals surface area contributed by atoms with E-state index in [-0.39, 0.29) is 0 Å². The van der Waals surface area contributed by atoms with Crippen LogP contribution in [0.4, 0.5) is 13.2 Å². The first-order chi connectivity index (χ1) is 6.32. The Bertz CT molecular complexity index is 375. The van der Waals surface area contributed by atoms with Gasteiger partial charge in [0.2, 0.25) is 0 Å². The smallest absolute Gasteiger partial charge is 0.286 e. The Hall–Kier alpha value is -0.550. The molecule has 1 aromatic carbocycles. The van der Waals surface area contributed by atoms with Crippen LogP contribution in [0.1, 0.15) is 10.4 Å². The molecule has 0 saturated heterocycles. The molecule has 0 aromatic heterocycles. The molecule has 0 aliphatic heterocycles. The number of halogens is 5. The first-order valence-electron chi connectivity index (χ1n) is 3.39. The van der Waals surface area contributed by atoms with Gasteiger partial charge in [-0.25, -0.2) is 4.39 Å². The summed E-state index contributed by atoms with van der Waals surface area (Å²) in [7, 11) is 0. The van der Waals surface area contributed by atoms with E-state index in [1.165, 1.54) is 6.07 Å². The van der Waals surface area contributed by atoms with Gasteiger partial charge in [-0.05, 0) is 29.8 Å². The number of hydrogen-bond acceptors (Lipinski definition) is 1. The Kier molecular flexibility index (Phi) is 3.21. The zero-order chi connectivity index (χ0) is 10.9. The maximum Gasteiger partial charge on any atom is 0.385 e. The molecule has 0 N–H and O–H groups in total. The van der Waals surface area contributed by atoms with Crippen molar-refractivity contribution in [2.45, 2.75) is 5.38 Å². The van der Waals surface area contributed by atoms with Crippen LogP contribution in [0.5, 0.6) is 0 Å². The molecular weight excluding hydrogens is 284 g/mol. The predicted octanol–water partition coefficient (Wildman–Crippen LogP) is 3.60. The van der Waals surface area contributed by atoms with Gasteiger partial charge in [-0.3, -0.25) is 4.79 Å². The van der Waals surface area contributed by atoms with Crippen molar-refractivity contribution in [2.24, 2.45) is 0 Å². The molecule has 1 rings (SSSR count).